The first-order valence-corrected chi connectivity index (χ1v) is 8.31. The van der Waals surface area contributed by atoms with Gasteiger partial charge in [0.25, 0.3) is 11.5 Å². The summed E-state index contributed by atoms with van der Waals surface area (Å²) in [6, 6.07) is 12.1. The topological polar surface area (TPSA) is 96.2 Å². The van der Waals surface area contributed by atoms with Gasteiger partial charge in [0.05, 0.1) is 10.9 Å². The van der Waals surface area contributed by atoms with E-state index in [0.717, 1.165) is 12.0 Å². The lowest BCUT2D eigenvalue weighted by Crippen LogP contribution is -2.24. The van der Waals surface area contributed by atoms with Crippen molar-refractivity contribution < 1.29 is 10.0 Å². The van der Waals surface area contributed by atoms with Crippen molar-refractivity contribution in [2.24, 2.45) is 7.05 Å². The third-order valence-corrected chi connectivity index (χ3v) is 4.30. The Morgan fingerprint density at radius 3 is 2.65 bits per heavy atom. The van der Waals surface area contributed by atoms with E-state index in [1.807, 2.05) is 24.3 Å². The second-order valence-corrected chi connectivity index (χ2v) is 6.21. The smallest absolute Gasteiger partial charge is 0.274 e. The van der Waals surface area contributed by atoms with Crippen molar-refractivity contribution in [3.63, 3.8) is 0 Å². The first-order chi connectivity index (χ1) is 12.5. The number of nitrogens with zero attached hydrogens (tertiary/aromatic N) is 2. The summed E-state index contributed by atoms with van der Waals surface area (Å²) in [4.78, 5) is 28.5. The van der Waals surface area contributed by atoms with E-state index in [-0.39, 0.29) is 11.1 Å². The van der Waals surface area contributed by atoms with Crippen LogP contribution >= 0.6 is 11.6 Å². The lowest BCUT2D eigenvalue weighted by atomic mass is 10.1. The average Bonchev–Trinajstić information content (AvgIpc) is 2.66. The van der Waals surface area contributed by atoms with Crippen LogP contribution in [0.2, 0.25) is 5.02 Å². The summed E-state index contributed by atoms with van der Waals surface area (Å²) in [6.07, 6.45) is 0.751. The zero-order valence-corrected chi connectivity index (χ0v) is 14.7. The summed E-state index contributed by atoms with van der Waals surface area (Å²) in [5.41, 5.74) is 3.04. The molecule has 1 aromatic heterocycles. The lowest BCUT2D eigenvalue weighted by Gasteiger charge is -2.12. The molecule has 3 aromatic rings. The Morgan fingerprint density at radius 1 is 1.23 bits per heavy atom. The molecule has 8 heteroatoms. The molecule has 3 rings (SSSR count). The van der Waals surface area contributed by atoms with Gasteiger partial charge in [0, 0.05) is 24.2 Å². The third-order valence-electron chi connectivity index (χ3n) is 4.05. The molecule has 0 spiro atoms. The summed E-state index contributed by atoms with van der Waals surface area (Å²) in [7, 11) is 1.61. The quantitative estimate of drug-likeness (QED) is 0.472. The van der Waals surface area contributed by atoms with Gasteiger partial charge in [-0.25, -0.2) is 10.5 Å². The SMILES string of the molecule is Cn1c(NCCc2ccc(Cl)cc2)nc2ccc(C(=O)NO)cc2c1=O. The van der Waals surface area contributed by atoms with Crippen molar-refractivity contribution in [3.05, 3.63) is 69.0 Å². The van der Waals surface area contributed by atoms with Crippen LogP contribution in [0, 0.1) is 0 Å². The number of aromatic nitrogens is 2. The zero-order valence-electron chi connectivity index (χ0n) is 14.0. The Balaban J connectivity index is 1.83. The zero-order chi connectivity index (χ0) is 18.7. The minimum absolute atomic E-state index is 0.183. The largest absolute Gasteiger partial charge is 0.355 e. The molecule has 134 valence electrons. The maximum Gasteiger partial charge on any atom is 0.274 e. The number of hydrogen-bond acceptors (Lipinski definition) is 5. The van der Waals surface area contributed by atoms with Crippen LogP contribution < -0.4 is 16.4 Å². The van der Waals surface area contributed by atoms with Crippen LogP contribution in [0.25, 0.3) is 10.9 Å². The molecule has 0 saturated carbocycles. The molecule has 0 radical (unpaired) electrons. The van der Waals surface area contributed by atoms with E-state index in [1.54, 1.807) is 18.6 Å². The van der Waals surface area contributed by atoms with E-state index in [2.05, 4.69) is 10.3 Å². The first-order valence-electron chi connectivity index (χ1n) is 7.93. The van der Waals surface area contributed by atoms with E-state index in [1.165, 1.54) is 16.7 Å². The van der Waals surface area contributed by atoms with Gasteiger partial charge in [-0.05, 0) is 42.3 Å². The predicted molar refractivity (Wildman–Crippen MR) is 99.9 cm³/mol. The van der Waals surface area contributed by atoms with Crippen molar-refractivity contribution in [1.29, 1.82) is 0 Å². The Morgan fingerprint density at radius 2 is 1.96 bits per heavy atom. The van der Waals surface area contributed by atoms with Crippen LogP contribution in [-0.4, -0.2) is 27.2 Å². The summed E-state index contributed by atoms with van der Waals surface area (Å²) in [6.45, 7) is 0.596. The number of carbonyl (C=O) groups excluding carboxylic acids is 1. The molecule has 0 atom stereocenters. The van der Waals surface area contributed by atoms with Gasteiger partial charge < -0.3 is 5.32 Å². The minimum Gasteiger partial charge on any atom is -0.355 e. The Bertz CT molecular complexity index is 1020. The molecule has 0 unspecified atom stereocenters. The van der Waals surface area contributed by atoms with E-state index < -0.39 is 5.91 Å². The highest BCUT2D eigenvalue weighted by molar-refractivity contribution is 6.30. The number of halogens is 1. The van der Waals surface area contributed by atoms with Crippen molar-refractivity contribution in [2.45, 2.75) is 6.42 Å². The van der Waals surface area contributed by atoms with E-state index in [0.29, 0.717) is 28.4 Å². The van der Waals surface area contributed by atoms with Crippen LogP contribution in [0.5, 0.6) is 0 Å². The molecule has 0 aliphatic carbocycles. The maximum atomic E-state index is 12.6. The number of carbonyl (C=O) groups is 1. The highest BCUT2D eigenvalue weighted by Crippen LogP contribution is 2.14. The third kappa shape index (κ3) is 3.68. The van der Waals surface area contributed by atoms with Gasteiger partial charge >= 0.3 is 0 Å². The molecule has 1 amide bonds. The fourth-order valence-electron chi connectivity index (χ4n) is 2.60. The number of anilines is 1. The minimum atomic E-state index is -0.681. The van der Waals surface area contributed by atoms with Crippen LogP contribution in [0.15, 0.2) is 47.3 Å². The van der Waals surface area contributed by atoms with Crippen molar-refractivity contribution >= 4 is 34.4 Å². The van der Waals surface area contributed by atoms with Gasteiger partial charge in [-0.1, -0.05) is 23.7 Å². The van der Waals surface area contributed by atoms with Gasteiger partial charge in [-0.15, -0.1) is 0 Å². The molecule has 0 saturated heterocycles. The number of rotatable bonds is 5. The Kier molecular flexibility index (Phi) is 5.20. The lowest BCUT2D eigenvalue weighted by molar-refractivity contribution is 0.0706. The number of amides is 1. The molecule has 26 heavy (non-hydrogen) atoms. The number of hydrogen-bond donors (Lipinski definition) is 3. The highest BCUT2D eigenvalue weighted by Gasteiger charge is 2.11. The molecular formula is C18H17ClN4O3. The van der Waals surface area contributed by atoms with Crippen LogP contribution in [0.4, 0.5) is 5.95 Å². The number of hydroxylamine groups is 1. The van der Waals surface area contributed by atoms with E-state index in [4.69, 9.17) is 16.8 Å². The highest BCUT2D eigenvalue weighted by atomic mass is 35.5. The Hall–Kier alpha value is -2.90. The van der Waals surface area contributed by atoms with Crippen LogP contribution in [-0.2, 0) is 13.5 Å². The molecule has 7 nitrogen and oxygen atoms in total. The monoisotopic (exact) mass is 372 g/mol. The second kappa shape index (κ2) is 7.55. The van der Waals surface area contributed by atoms with Crippen molar-refractivity contribution in [3.8, 4) is 0 Å². The van der Waals surface area contributed by atoms with Gasteiger partial charge in [-0.3, -0.25) is 19.4 Å². The predicted octanol–water partition coefficient (Wildman–Crippen LogP) is 2.36. The van der Waals surface area contributed by atoms with Gasteiger partial charge in [0.15, 0.2) is 0 Å². The molecule has 0 fully saturated rings. The average molecular weight is 373 g/mol. The summed E-state index contributed by atoms with van der Waals surface area (Å²) in [5, 5.41) is 12.9. The number of benzene rings is 2. The first kappa shape index (κ1) is 17.9. The summed E-state index contributed by atoms with van der Waals surface area (Å²) >= 11 is 5.87. The standard InChI is InChI=1S/C18H17ClN4O3/c1-23-17(25)14-10-12(16(24)22-26)4-7-15(14)21-18(23)20-9-8-11-2-5-13(19)6-3-11/h2-7,10,26H,8-9H2,1H3,(H,20,21)(H,22,24). The molecule has 3 N–H and O–H groups in total. The van der Waals surface area contributed by atoms with Crippen LogP contribution in [0.3, 0.4) is 0 Å². The van der Waals surface area contributed by atoms with Crippen molar-refractivity contribution in [2.75, 3.05) is 11.9 Å². The maximum absolute atomic E-state index is 12.6. The number of fused-ring (bicyclic) bond motifs is 1. The van der Waals surface area contributed by atoms with E-state index >= 15 is 0 Å². The normalized spacial score (nSPS) is 10.7. The Labute approximate surface area is 154 Å². The summed E-state index contributed by atoms with van der Waals surface area (Å²) < 4.78 is 1.39. The van der Waals surface area contributed by atoms with Gasteiger partial charge in [0.1, 0.15) is 0 Å². The molecule has 1 heterocycles. The molecular weight excluding hydrogens is 356 g/mol. The number of nitrogens with one attached hydrogen (secondary N) is 2. The molecule has 2 aromatic carbocycles. The van der Waals surface area contributed by atoms with Gasteiger partial charge in [-0.2, -0.15) is 0 Å². The molecule has 0 aliphatic rings. The van der Waals surface area contributed by atoms with Gasteiger partial charge in [0.2, 0.25) is 5.95 Å². The molecule has 0 bridgehead atoms. The second-order valence-electron chi connectivity index (χ2n) is 5.78. The fourth-order valence-corrected chi connectivity index (χ4v) is 2.73. The molecule has 0 aliphatic heterocycles. The fraction of sp³-hybridized carbons (Fsp3) is 0.167. The van der Waals surface area contributed by atoms with Crippen LogP contribution in [0.1, 0.15) is 15.9 Å². The van der Waals surface area contributed by atoms with Crippen molar-refractivity contribution in [1.82, 2.24) is 15.0 Å². The summed E-state index contributed by atoms with van der Waals surface area (Å²) in [5.74, 6) is -0.241. The van der Waals surface area contributed by atoms with E-state index in [9.17, 15) is 9.59 Å².